The van der Waals surface area contributed by atoms with Crippen LogP contribution in [0.1, 0.15) is 102 Å². The number of aryl methyl sites for hydroxylation is 1. The molecule has 0 amide bonds. The zero-order valence-corrected chi connectivity index (χ0v) is 21.1. The van der Waals surface area contributed by atoms with Crippen molar-refractivity contribution in [2.75, 3.05) is 0 Å². The molecule has 4 nitrogen and oxygen atoms in total. The molecule has 1 aliphatic carbocycles. The summed E-state index contributed by atoms with van der Waals surface area (Å²) in [5.74, 6) is 1.24. The van der Waals surface area contributed by atoms with Crippen LogP contribution in [0.15, 0.2) is 18.2 Å². The summed E-state index contributed by atoms with van der Waals surface area (Å²) < 4.78 is 0. The Labute approximate surface area is 194 Å². The fraction of sp³-hybridized carbons (Fsp3) is 0.643. The van der Waals surface area contributed by atoms with E-state index in [9.17, 15) is 19.2 Å². The first-order chi connectivity index (χ1) is 15.0. The molecule has 3 unspecified atom stereocenters. The maximum Gasteiger partial charge on any atom is 0.163 e. The molecular weight excluding hydrogens is 400 g/mol. The molecule has 0 fully saturated rings. The Kier molecular flexibility index (Phi) is 11.7. The monoisotopic (exact) mass is 442 g/mol. The van der Waals surface area contributed by atoms with Gasteiger partial charge in [-0.2, -0.15) is 0 Å². The molecule has 32 heavy (non-hydrogen) atoms. The Balaban J connectivity index is 0.000000751. The highest BCUT2D eigenvalue weighted by Gasteiger charge is 2.32. The first-order valence-corrected chi connectivity index (χ1v) is 12.2. The lowest BCUT2D eigenvalue weighted by molar-refractivity contribution is -0.130. The van der Waals surface area contributed by atoms with Gasteiger partial charge < -0.3 is 0 Å². The van der Waals surface area contributed by atoms with Gasteiger partial charge in [0.15, 0.2) is 5.78 Å². The summed E-state index contributed by atoms with van der Waals surface area (Å²) in [7, 11) is 0. The van der Waals surface area contributed by atoms with Gasteiger partial charge in [-0.25, -0.2) is 0 Å². The molecular formula is C28H42O4. The van der Waals surface area contributed by atoms with Crippen LogP contribution in [-0.4, -0.2) is 23.1 Å². The topological polar surface area (TPSA) is 68.3 Å². The number of carbonyl (C=O) groups is 4. The molecule has 0 N–H and O–H groups in total. The number of hydrogen-bond acceptors (Lipinski definition) is 4. The van der Waals surface area contributed by atoms with E-state index < -0.39 is 0 Å². The Morgan fingerprint density at radius 3 is 2.19 bits per heavy atom. The summed E-state index contributed by atoms with van der Waals surface area (Å²) >= 11 is 0. The predicted octanol–water partition coefficient (Wildman–Crippen LogP) is 6.35. The maximum atomic E-state index is 12.7. The normalized spacial score (nSPS) is 17.1. The van der Waals surface area contributed by atoms with E-state index in [0.717, 1.165) is 48.8 Å². The molecule has 2 rings (SSSR count). The largest absolute Gasteiger partial charge is 0.300 e. The number of Topliss-reactive ketones (excluding diaryl/α,β-unsaturated/α-hetero) is 4. The van der Waals surface area contributed by atoms with Crippen LogP contribution in [0.5, 0.6) is 0 Å². The number of fused-ring (bicyclic) bond motifs is 1. The minimum Gasteiger partial charge on any atom is -0.300 e. The van der Waals surface area contributed by atoms with Crippen molar-refractivity contribution >= 4 is 23.1 Å². The number of benzene rings is 1. The van der Waals surface area contributed by atoms with E-state index in [2.05, 4.69) is 13.0 Å². The van der Waals surface area contributed by atoms with Crippen LogP contribution in [0, 0.1) is 30.6 Å². The van der Waals surface area contributed by atoms with Gasteiger partial charge in [-0.15, -0.1) is 0 Å². The molecule has 0 bridgehead atoms. The quantitative estimate of drug-likeness (QED) is 0.396. The molecule has 0 spiro atoms. The van der Waals surface area contributed by atoms with Crippen molar-refractivity contribution in [3.05, 3.63) is 34.9 Å². The first-order valence-electron chi connectivity index (χ1n) is 12.2. The van der Waals surface area contributed by atoms with Crippen LogP contribution in [0.3, 0.4) is 0 Å². The molecule has 0 heterocycles. The zero-order chi connectivity index (χ0) is 24.4. The maximum absolute atomic E-state index is 12.7. The van der Waals surface area contributed by atoms with Gasteiger partial charge in [0, 0.05) is 23.8 Å². The van der Waals surface area contributed by atoms with Gasteiger partial charge in [-0.05, 0) is 63.0 Å². The van der Waals surface area contributed by atoms with Crippen molar-refractivity contribution in [1.29, 1.82) is 0 Å². The van der Waals surface area contributed by atoms with E-state index >= 15 is 0 Å². The number of hydrogen-bond donors (Lipinski definition) is 0. The van der Waals surface area contributed by atoms with E-state index in [1.807, 2.05) is 39.8 Å². The van der Waals surface area contributed by atoms with Gasteiger partial charge in [0.1, 0.15) is 17.3 Å². The van der Waals surface area contributed by atoms with Gasteiger partial charge in [0.2, 0.25) is 0 Å². The summed E-state index contributed by atoms with van der Waals surface area (Å²) in [5, 5.41) is 0. The molecule has 1 aromatic rings. The van der Waals surface area contributed by atoms with Crippen molar-refractivity contribution in [2.24, 2.45) is 23.7 Å². The number of carbonyl (C=O) groups excluding carboxylic acids is 4. The summed E-state index contributed by atoms with van der Waals surface area (Å²) in [4.78, 5) is 46.8. The molecule has 1 aromatic carbocycles. The van der Waals surface area contributed by atoms with Crippen LogP contribution < -0.4 is 0 Å². The van der Waals surface area contributed by atoms with Crippen molar-refractivity contribution < 1.29 is 19.2 Å². The van der Waals surface area contributed by atoms with E-state index in [4.69, 9.17) is 0 Å². The number of rotatable bonds is 10. The average molecular weight is 443 g/mol. The standard InChI is InChI=1S/C23H32O3.C5H10O/c1-5-8-18(20(6-2)21(25)11-16(4)24)12-17-13-19-10-7-9-15(3)23(19)22(26)14-17;1-4(2)5(3)6/h7,9-10,17-18,20H,5-6,8,11-14H2,1-4H3;4H,1-3H3. The lowest BCUT2D eigenvalue weighted by Crippen LogP contribution is -2.29. The minimum absolute atomic E-state index is 0.0460. The van der Waals surface area contributed by atoms with Crippen LogP contribution in [0.4, 0.5) is 0 Å². The Morgan fingerprint density at radius 2 is 1.69 bits per heavy atom. The fourth-order valence-corrected chi connectivity index (χ4v) is 4.69. The third kappa shape index (κ3) is 8.44. The lowest BCUT2D eigenvalue weighted by Gasteiger charge is -2.31. The summed E-state index contributed by atoms with van der Waals surface area (Å²) in [6, 6.07) is 6.10. The summed E-state index contributed by atoms with van der Waals surface area (Å²) in [5.41, 5.74) is 3.14. The minimum atomic E-state index is -0.0622. The smallest absolute Gasteiger partial charge is 0.163 e. The second-order valence-corrected chi connectivity index (χ2v) is 9.72. The second-order valence-electron chi connectivity index (χ2n) is 9.72. The van der Waals surface area contributed by atoms with E-state index in [0.29, 0.717) is 12.3 Å². The van der Waals surface area contributed by atoms with Crippen molar-refractivity contribution in [3.8, 4) is 0 Å². The molecule has 0 saturated carbocycles. The SMILES string of the molecule is CC(=O)C(C)C.CCCC(CC1CC(=O)c2c(C)cccc2C1)C(CC)C(=O)CC(C)=O. The molecule has 1 aliphatic rings. The molecule has 0 saturated heterocycles. The Morgan fingerprint density at radius 1 is 1.06 bits per heavy atom. The third-order valence-corrected chi connectivity index (χ3v) is 6.57. The first kappa shape index (κ1) is 27.9. The van der Waals surface area contributed by atoms with E-state index in [1.165, 1.54) is 6.92 Å². The molecule has 0 radical (unpaired) electrons. The van der Waals surface area contributed by atoms with Gasteiger partial charge in [0.25, 0.3) is 0 Å². The average Bonchev–Trinajstić information content (AvgIpc) is 2.68. The van der Waals surface area contributed by atoms with E-state index in [1.54, 1.807) is 6.92 Å². The van der Waals surface area contributed by atoms with Crippen LogP contribution >= 0.6 is 0 Å². The summed E-state index contributed by atoms with van der Waals surface area (Å²) in [6.07, 6.45) is 5.21. The highest BCUT2D eigenvalue weighted by atomic mass is 16.1. The highest BCUT2D eigenvalue weighted by Crippen LogP contribution is 2.36. The van der Waals surface area contributed by atoms with Crippen LogP contribution in [0.25, 0.3) is 0 Å². The molecule has 4 heteroatoms. The molecule has 178 valence electrons. The van der Waals surface area contributed by atoms with Crippen molar-refractivity contribution in [1.82, 2.24) is 0 Å². The van der Waals surface area contributed by atoms with Gasteiger partial charge >= 0.3 is 0 Å². The Hall–Kier alpha value is -2.10. The Bertz CT molecular complexity index is 806. The van der Waals surface area contributed by atoms with E-state index in [-0.39, 0.29) is 47.3 Å². The molecule has 0 aromatic heterocycles. The lowest BCUT2D eigenvalue weighted by atomic mass is 9.72. The predicted molar refractivity (Wildman–Crippen MR) is 130 cm³/mol. The number of ketones is 4. The highest BCUT2D eigenvalue weighted by molar-refractivity contribution is 6.00. The van der Waals surface area contributed by atoms with Crippen LogP contribution in [-0.2, 0) is 20.8 Å². The van der Waals surface area contributed by atoms with Crippen molar-refractivity contribution in [3.63, 3.8) is 0 Å². The zero-order valence-electron chi connectivity index (χ0n) is 21.1. The molecule has 0 aliphatic heterocycles. The van der Waals surface area contributed by atoms with Crippen molar-refractivity contribution in [2.45, 2.75) is 93.4 Å². The van der Waals surface area contributed by atoms with Gasteiger partial charge in [0.05, 0.1) is 6.42 Å². The second kappa shape index (κ2) is 13.4. The summed E-state index contributed by atoms with van der Waals surface area (Å²) in [6.45, 7) is 13.0. The van der Waals surface area contributed by atoms with Gasteiger partial charge in [-0.1, -0.05) is 58.7 Å². The third-order valence-electron chi connectivity index (χ3n) is 6.57. The molecule has 3 atom stereocenters. The fourth-order valence-electron chi connectivity index (χ4n) is 4.69. The van der Waals surface area contributed by atoms with Gasteiger partial charge in [-0.3, -0.25) is 19.2 Å². The van der Waals surface area contributed by atoms with Crippen LogP contribution in [0.2, 0.25) is 0 Å².